The summed E-state index contributed by atoms with van der Waals surface area (Å²) in [6.07, 6.45) is 3.96. The Bertz CT molecular complexity index is 1050. The summed E-state index contributed by atoms with van der Waals surface area (Å²) < 4.78 is 12.7. The molecule has 1 N–H and O–H groups in total. The summed E-state index contributed by atoms with van der Waals surface area (Å²) in [5.41, 5.74) is -0.610. The molecule has 2 saturated heterocycles. The van der Waals surface area contributed by atoms with E-state index in [1.54, 1.807) is 0 Å². The Morgan fingerprint density at radius 3 is 2.00 bits per heavy atom. The van der Waals surface area contributed by atoms with Gasteiger partial charge < -0.3 is 19.4 Å². The monoisotopic (exact) mass is 536 g/mol. The van der Waals surface area contributed by atoms with E-state index in [0.29, 0.717) is 13.0 Å². The van der Waals surface area contributed by atoms with E-state index >= 15 is 0 Å². The Morgan fingerprint density at radius 2 is 1.47 bits per heavy atom. The fraction of sp³-hybridized carbons (Fsp3) is 0.548. The third-order valence-corrected chi connectivity index (χ3v) is 12.8. The van der Waals surface area contributed by atoms with E-state index in [9.17, 15) is 9.59 Å². The maximum atomic E-state index is 13.7. The van der Waals surface area contributed by atoms with Crippen LogP contribution in [0.5, 0.6) is 0 Å². The predicted molar refractivity (Wildman–Crippen MR) is 154 cm³/mol. The molecule has 3 atom stereocenters. The van der Waals surface area contributed by atoms with Crippen molar-refractivity contribution < 1.29 is 18.8 Å². The molecular weight excluding hydrogens is 492 g/mol. The number of hydrogen-bond acceptors (Lipinski definition) is 4. The number of nitrogens with zero attached hydrogens (tertiary/aromatic N) is 1. The van der Waals surface area contributed by atoms with Gasteiger partial charge in [0.25, 0.3) is 8.32 Å². The van der Waals surface area contributed by atoms with Crippen LogP contribution in [0.15, 0.2) is 60.7 Å². The first kappa shape index (κ1) is 28.4. The fourth-order valence-electron chi connectivity index (χ4n) is 6.20. The van der Waals surface area contributed by atoms with E-state index < -0.39 is 26.1 Å². The van der Waals surface area contributed by atoms with Gasteiger partial charge >= 0.3 is 6.09 Å². The molecule has 2 heterocycles. The van der Waals surface area contributed by atoms with Crippen LogP contribution in [0.25, 0.3) is 0 Å². The summed E-state index contributed by atoms with van der Waals surface area (Å²) in [5.74, 6) is -0.0112. The van der Waals surface area contributed by atoms with E-state index in [1.165, 1.54) is 10.4 Å². The van der Waals surface area contributed by atoms with Crippen LogP contribution in [-0.4, -0.2) is 55.6 Å². The molecular formula is C31H44N2O4Si. The van der Waals surface area contributed by atoms with E-state index in [1.807, 2.05) is 37.8 Å². The third kappa shape index (κ3) is 5.99. The first-order valence-corrected chi connectivity index (χ1v) is 15.9. The molecule has 38 heavy (non-hydrogen) atoms. The highest BCUT2D eigenvalue weighted by Crippen LogP contribution is 2.38. The Hall–Kier alpha value is -2.64. The van der Waals surface area contributed by atoms with Gasteiger partial charge in [-0.05, 0) is 68.3 Å². The molecule has 4 rings (SSSR count). The molecule has 2 aromatic rings. The molecule has 0 radical (unpaired) electrons. The lowest BCUT2D eigenvalue weighted by atomic mass is 9.87. The second-order valence-electron chi connectivity index (χ2n) is 12.7. The van der Waals surface area contributed by atoms with Crippen LogP contribution in [0.3, 0.4) is 0 Å². The van der Waals surface area contributed by atoms with Crippen LogP contribution in [-0.2, 0) is 14.0 Å². The molecule has 2 aliphatic heterocycles. The van der Waals surface area contributed by atoms with Crippen LogP contribution < -0.4 is 15.7 Å². The van der Waals surface area contributed by atoms with E-state index in [0.717, 1.165) is 25.7 Å². The number of hydrogen-bond donors (Lipinski definition) is 1. The van der Waals surface area contributed by atoms with Gasteiger partial charge in [0.2, 0.25) is 5.91 Å². The van der Waals surface area contributed by atoms with Crippen molar-refractivity contribution in [3.05, 3.63) is 60.7 Å². The number of ether oxygens (including phenoxy) is 1. The Balaban J connectivity index is 1.60. The van der Waals surface area contributed by atoms with Gasteiger partial charge in [-0.1, -0.05) is 81.4 Å². The summed E-state index contributed by atoms with van der Waals surface area (Å²) in [6, 6.07) is 20.9. The maximum absolute atomic E-state index is 13.7. The highest BCUT2D eigenvalue weighted by atomic mass is 28.4. The Morgan fingerprint density at radius 1 is 0.895 bits per heavy atom. The molecule has 0 unspecified atom stereocenters. The number of benzene rings is 2. The number of piperidine rings is 2. The average molecular weight is 537 g/mol. The summed E-state index contributed by atoms with van der Waals surface area (Å²) in [4.78, 5) is 28.3. The molecule has 0 bridgehead atoms. The molecule has 2 fully saturated rings. The highest BCUT2D eigenvalue weighted by Gasteiger charge is 2.51. The van der Waals surface area contributed by atoms with E-state index in [4.69, 9.17) is 9.16 Å². The summed E-state index contributed by atoms with van der Waals surface area (Å²) in [6.45, 7) is 12.8. The standard InChI is InChI=1S/C31H44N2O4Si/c1-30(2,3)37-29(35)32-27-21-20-23-14-13-15-24(33(23)28(27)34)22-36-38(31(4,5)6,25-16-9-7-10-17-25)26-18-11-8-12-19-26/h7-12,16-19,23-24,27H,13-15,20-22H2,1-6H3,(H,32,35)/t23-,24+,27+/m1/s1. The van der Waals surface area contributed by atoms with Gasteiger partial charge in [0.05, 0.1) is 12.6 Å². The normalized spacial score (nSPS) is 22.5. The van der Waals surface area contributed by atoms with Crippen LogP contribution in [0.2, 0.25) is 5.04 Å². The maximum Gasteiger partial charge on any atom is 0.408 e. The smallest absolute Gasteiger partial charge is 0.408 e. The lowest BCUT2D eigenvalue weighted by molar-refractivity contribution is -0.146. The first-order chi connectivity index (χ1) is 17.9. The fourth-order valence-corrected chi connectivity index (χ4v) is 10.8. The van der Waals surface area contributed by atoms with Crippen molar-refractivity contribution in [3.63, 3.8) is 0 Å². The second-order valence-corrected chi connectivity index (χ2v) is 17.0. The topological polar surface area (TPSA) is 67.9 Å². The molecule has 7 heteroatoms. The van der Waals surface area contributed by atoms with E-state index in [2.05, 4.69) is 74.6 Å². The van der Waals surface area contributed by atoms with Crippen molar-refractivity contribution in [3.8, 4) is 0 Å². The molecule has 0 spiro atoms. The minimum Gasteiger partial charge on any atom is -0.444 e. The van der Waals surface area contributed by atoms with Gasteiger partial charge in [-0.25, -0.2) is 4.79 Å². The van der Waals surface area contributed by atoms with Gasteiger partial charge in [-0.2, -0.15) is 0 Å². The van der Waals surface area contributed by atoms with Gasteiger partial charge in [0, 0.05) is 6.04 Å². The van der Waals surface area contributed by atoms with E-state index in [-0.39, 0.29) is 23.0 Å². The highest BCUT2D eigenvalue weighted by molar-refractivity contribution is 6.99. The summed E-state index contributed by atoms with van der Waals surface area (Å²) >= 11 is 0. The molecule has 2 amide bonds. The van der Waals surface area contributed by atoms with Gasteiger partial charge in [-0.3, -0.25) is 4.79 Å². The average Bonchev–Trinajstić information content (AvgIpc) is 2.85. The molecule has 6 nitrogen and oxygen atoms in total. The number of nitrogens with one attached hydrogen (secondary N) is 1. The minimum absolute atomic E-state index is 0.0112. The Kier molecular flexibility index (Phi) is 8.38. The minimum atomic E-state index is -2.71. The molecule has 2 aromatic carbocycles. The predicted octanol–water partition coefficient (Wildman–Crippen LogP) is 5.00. The molecule has 2 aliphatic rings. The van der Waals surface area contributed by atoms with Gasteiger partial charge in [0.1, 0.15) is 11.6 Å². The van der Waals surface area contributed by atoms with Gasteiger partial charge in [0.15, 0.2) is 0 Å². The first-order valence-electron chi connectivity index (χ1n) is 14.0. The second kappa shape index (κ2) is 11.2. The zero-order chi connectivity index (χ0) is 27.6. The van der Waals surface area contributed by atoms with Crippen LogP contribution in [0.4, 0.5) is 4.79 Å². The summed E-state index contributed by atoms with van der Waals surface area (Å²) in [7, 11) is -2.71. The largest absolute Gasteiger partial charge is 0.444 e. The zero-order valence-electron chi connectivity index (χ0n) is 23.8. The SMILES string of the molecule is CC(C)(C)OC(=O)N[C@H]1CC[C@H]2CCC[C@@H](CO[Si](c3ccccc3)(c3ccccc3)C(C)(C)C)N2C1=O. The van der Waals surface area contributed by atoms with Crippen molar-refractivity contribution in [1.82, 2.24) is 10.2 Å². The van der Waals surface area contributed by atoms with Crippen molar-refractivity contribution >= 4 is 30.7 Å². The van der Waals surface area contributed by atoms with Crippen LogP contribution in [0.1, 0.15) is 73.6 Å². The number of alkyl carbamates (subject to hydrolysis) is 1. The van der Waals surface area contributed by atoms with Crippen molar-refractivity contribution in [1.29, 1.82) is 0 Å². The zero-order valence-corrected chi connectivity index (χ0v) is 24.8. The molecule has 206 valence electrons. The summed E-state index contributed by atoms with van der Waals surface area (Å²) in [5, 5.41) is 5.19. The number of carbonyl (C=O) groups is 2. The van der Waals surface area contributed by atoms with Gasteiger partial charge in [-0.15, -0.1) is 0 Å². The lowest BCUT2D eigenvalue weighted by Gasteiger charge is -2.49. The molecule has 0 aliphatic carbocycles. The third-order valence-electron chi connectivity index (χ3n) is 7.80. The van der Waals surface area contributed by atoms with Crippen LogP contribution >= 0.6 is 0 Å². The number of amides is 2. The number of fused-ring (bicyclic) bond motifs is 1. The van der Waals surface area contributed by atoms with Crippen molar-refractivity contribution in [2.45, 2.75) is 102 Å². The molecule has 0 saturated carbocycles. The number of carbonyl (C=O) groups excluding carboxylic acids is 2. The van der Waals surface area contributed by atoms with Crippen LogP contribution in [0, 0.1) is 0 Å². The van der Waals surface area contributed by atoms with Crippen molar-refractivity contribution in [2.24, 2.45) is 0 Å². The quantitative estimate of drug-likeness (QED) is 0.528. The Labute approximate surface area is 229 Å². The van der Waals surface area contributed by atoms with Crippen molar-refractivity contribution in [2.75, 3.05) is 6.61 Å². The lowest BCUT2D eigenvalue weighted by Crippen LogP contribution is -2.68. The number of rotatable bonds is 6. The molecule has 0 aromatic heterocycles.